The lowest BCUT2D eigenvalue weighted by Crippen LogP contribution is -2.43. The van der Waals surface area contributed by atoms with E-state index in [0.717, 1.165) is 27.9 Å². The van der Waals surface area contributed by atoms with Gasteiger partial charge in [-0.3, -0.25) is 0 Å². The van der Waals surface area contributed by atoms with Crippen LogP contribution in [-0.2, 0) is 6.42 Å². The molecule has 0 saturated heterocycles. The third-order valence-corrected chi connectivity index (χ3v) is 5.98. The highest BCUT2D eigenvalue weighted by atomic mass is 35.5. The lowest BCUT2D eigenvalue weighted by atomic mass is 9.87. The van der Waals surface area contributed by atoms with Crippen LogP contribution >= 0.6 is 11.6 Å². The quantitative estimate of drug-likeness (QED) is 0.558. The zero-order chi connectivity index (χ0) is 22.0. The molecule has 3 aromatic carbocycles. The summed E-state index contributed by atoms with van der Waals surface area (Å²) in [4.78, 5) is 15.2. The van der Waals surface area contributed by atoms with Gasteiger partial charge in [-0.25, -0.2) is 4.79 Å². The van der Waals surface area contributed by atoms with Crippen molar-refractivity contribution in [1.82, 2.24) is 4.90 Å². The zero-order valence-corrected chi connectivity index (χ0v) is 18.6. The number of carbonyl (C=O) groups is 1. The van der Waals surface area contributed by atoms with Gasteiger partial charge in [0.05, 0.1) is 20.3 Å². The maximum absolute atomic E-state index is 13.4. The topological polar surface area (TPSA) is 50.8 Å². The van der Waals surface area contributed by atoms with Gasteiger partial charge in [0, 0.05) is 17.3 Å². The zero-order valence-electron chi connectivity index (χ0n) is 17.8. The molecule has 4 rings (SSSR count). The van der Waals surface area contributed by atoms with Gasteiger partial charge in [0.15, 0.2) is 11.5 Å². The highest BCUT2D eigenvalue weighted by molar-refractivity contribution is 6.31. The molecule has 160 valence electrons. The second kappa shape index (κ2) is 8.90. The van der Waals surface area contributed by atoms with Crippen LogP contribution in [0.15, 0.2) is 60.7 Å². The molecule has 0 radical (unpaired) electrons. The van der Waals surface area contributed by atoms with E-state index in [1.54, 1.807) is 14.2 Å². The number of halogens is 1. The van der Waals surface area contributed by atoms with E-state index in [4.69, 9.17) is 21.1 Å². The molecule has 31 heavy (non-hydrogen) atoms. The molecule has 6 heteroatoms. The van der Waals surface area contributed by atoms with Crippen LogP contribution in [0.5, 0.6) is 11.5 Å². The summed E-state index contributed by atoms with van der Waals surface area (Å²) >= 11 is 6.59. The summed E-state index contributed by atoms with van der Waals surface area (Å²) < 4.78 is 11.0. The van der Waals surface area contributed by atoms with Crippen LogP contribution in [0.4, 0.5) is 10.5 Å². The fraction of sp³-hybridized carbons (Fsp3) is 0.240. The van der Waals surface area contributed by atoms with E-state index < -0.39 is 0 Å². The van der Waals surface area contributed by atoms with E-state index in [-0.39, 0.29) is 12.1 Å². The molecule has 0 aromatic heterocycles. The van der Waals surface area contributed by atoms with E-state index in [9.17, 15) is 4.79 Å². The molecule has 1 heterocycles. The number of rotatable bonds is 4. The van der Waals surface area contributed by atoms with Gasteiger partial charge in [0.1, 0.15) is 0 Å². The monoisotopic (exact) mass is 436 g/mol. The molecule has 0 bridgehead atoms. The summed E-state index contributed by atoms with van der Waals surface area (Å²) in [5, 5.41) is 3.64. The molecule has 5 nitrogen and oxygen atoms in total. The van der Waals surface area contributed by atoms with Crippen LogP contribution in [0, 0.1) is 6.92 Å². The Morgan fingerprint density at radius 1 is 1.00 bits per heavy atom. The largest absolute Gasteiger partial charge is 0.493 e. The smallest absolute Gasteiger partial charge is 0.322 e. The fourth-order valence-corrected chi connectivity index (χ4v) is 4.27. The van der Waals surface area contributed by atoms with Gasteiger partial charge < -0.3 is 19.7 Å². The molecule has 1 aliphatic rings. The number of carbonyl (C=O) groups excluding carboxylic acids is 1. The summed E-state index contributed by atoms with van der Waals surface area (Å²) in [5.41, 5.74) is 4.86. The van der Waals surface area contributed by atoms with Crippen LogP contribution in [0.3, 0.4) is 0 Å². The Labute approximate surface area is 187 Å². The summed E-state index contributed by atoms with van der Waals surface area (Å²) in [6, 6.07) is 18.8. The van der Waals surface area contributed by atoms with Crippen molar-refractivity contribution in [2.75, 3.05) is 26.1 Å². The number of urea groups is 1. The lowest BCUT2D eigenvalue weighted by molar-refractivity contribution is 0.193. The molecule has 0 saturated carbocycles. The van der Waals surface area contributed by atoms with Crippen molar-refractivity contribution in [2.24, 2.45) is 0 Å². The molecule has 1 aliphatic heterocycles. The second-order valence-electron chi connectivity index (χ2n) is 7.57. The number of hydrogen-bond acceptors (Lipinski definition) is 3. The van der Waals surface area contributed by atoms with Crippen LogP contribution in [0.2, 0.25) is 5.02 Å². The van der Waals surface area contributed by atoms with Gasteiger partial charge >= 0.3 is 6.03 Å². The molecule has 2 amide bonds. The lowest BCUT2D eigenvalue weighted by Gasteiger charge is -2.38. The Morgan fingerprint density at radius 3 is 2.35 bits per heavy atom. The number of methoxy groups -OCH3 is 2. The first-order valence-corrected chi connectivity index (χ1v) is 10.5. The summed E-state index contributed by atoms with van der Waals surface area (Å²) in [6.07, 6.45) is 0.706. The first kappa shape index (κ1) is 21.1. The predicted molar refractivity (Wildman–Crippen MR) is 123 cm³/mol. The third kappa shape index (κ3) is 4.19. The van der Waals surface area contributed by atoms with Crippen molar-refractivity contribution in [2.45, 2.75) is 19.4 Å². The molecule has 1 atom stereocenters. The Hall–Kier alpha value is -3.18. The molecule has 1 unspecified atom stereocenters. The van der Waals surface area contributed by atoms with Crippen molar-refractivity contribution >= 4 is 23.3 Å². The maximum Gasteiger partial charge on any atom is 0.322 e. The summed E-state index contributed by atoms with van der Waals surface area (Å²) in [5.74, 6) is 1.30. The Bertz CT molecular complexity index is 1100. The number of nitrogens with zero attached hydrogens (tertiary/aromatic N) is 1. The van der Waals surface area contributed by atoms with Gasteiger partial charge in [-0.2, -0.15) is 0 Å². The van der Waals surface area contributed by atoms with Gasteiger partial charge in [-0.05, 0) is 60.4 Å². The third-order valence-electron chi connectivity index (χ3n) is 5.64. The SMILES string of the molecule is COc1cc2c(cc1OC)C(c1ccccc1Cl)N(C(=O)Nc1ccc(C)cc1)CC2. The van der Waals surface area contributed by atoms with Crippen molar-refractivity contribution in [3.05, 3.63) is 87.9 Å². The van der Waals surface area contributed by atoms with E-state index in [2.05, 4.69) is 5.32 Å². The number of benzene rings is 3. The maximum atomic E-state index is 13.4. The highest BCUT2D eigenvalue weighted by Gasteiger charge is 2.34. The van der Waals surface area contributed by atoms with Gasteiger partial charge in [-0.15, -0.1) is 0 Å². The van der Waals surface area contributed by atoms with E-state index in [1.807, 2.05) is 72.5 Å². The molecule has 0 aliphatic carbocycles. The fourth-order valence-electron chi connectivity index (χ4n) is 4.03. The number of nitrogens with one attached hydrogen (secondary N) is 1. The average Bonchev–Trinajstić information content (AvgIpc) is 2.79. The standard InChI is InChI=1S/C25H25ClN2O3/c1-16-8-10-18(11-9-16)27-25(29)28-13-12-17-14-22(30-2)23(31-3)15-20(17)24(28)19-6-4-5-7-21(19)26/h4-11,14-15,24H,12-13H2,1-3H3,(H,27,29). The number of aryl methyl sites for hydroxylation is 1. The normalized spacial score (nSPS) is 15.2. The van der Waals surface area contributed by atoms with Gasteiger partial charge in [-0.1, -0.05) is 47.5 Å². The van der Waals surface area contributed by atoms with Crippen LogP contribution in [0.1, 0.15) is 28.3 Å². The minimum atomic E-state index is -0.345. The minimum Gasteiger partial charge on any atom is -0.493 e. The average molecular weight is 437 g/mol. The summed E-state index contributed by atoms with van der Waals surface area (Å²) in [7, 11) is 3.24. The number of hydrogen-bond donors (Lipinski definition) is 1. The Morgan fingerprint density at radius 2 is 1.68 bits per heavy atom. The highest BCUT2D eigenvalue weighted by Crippen LogP contribution is 2.42. The van der Waals surface area contributed by atoms with Crippen molar-refractivity contribution in [3.8, 4) is 11.5 Å². The van der Waals surface area contributed by atoms with Crippen LogP contribution < -0.4 is 14.8 Å². The van der Waals surface area contributed by atoms with Crippen molar-refractivity contribution in [1.29, 1.82) is 0 Å². The number of ether oxygens (including phenoxy) is 2. The van der Waals surface area contributed by atoms with Crippen molar-refractivity contribution in [3.63, 3.8) is 0 Å². The Balaban J connectivity index is 1.78. The molecule has 0 spiro atoms. The number of anilines is 1. The first-order valence-electron chi connectivity index (χ1n) is 10.2. The molecular formula is C25H25ClN2O3. The van der Waals surface area contributed by atoms with E-state index in [1.165, 1.54) is 0 Å². The molecule has 1 N–H and O–H groups in total. The van der Waals surface area contributed by atoms with Gasteiger partial charge in [0.2, 0.25) is 0 Å². The predicted octanol–water partition coefficient (Wildman–Crippen LogP) is 5.85. The second-order valence-corrected chi connectivity index (χ2v) is 7.98. The van der Waals surface area contributed by atoms with E-state index in [0.29, 0.717) is 29.5 Å². The van der Waals surface area contributed by atoms with Crippen LogP contribution in [0.25, 0.3) is 0 Å². The first-order chi connectivity index (χ1) is 15.0. The summed E-state index contributed by atoms with van der Waals surface area (Å²) in [6.45, 7) is 2.57. The van der Waals surface area contributed by atoms with Crippen molar-refractivity contribution < 1.29 is 14.3 Å². The van der Waals surface area contributed by atoms with Crippen LogP contribution in [-0.4, -0.2) is 31.7 Å². The molecule has 0 fully saturated rings. The Kier molecular flexibility index (Phi) is 6.05. The van der Waals surface area contributed by atoms with E-state index >= 15 is 0 Å². The number of amides is 2. The van der Waals surface area contributed by atoms with Gasteiger partial charge in [0.25, 0.3) is 0 Å². The minimum absolute atomic E-state index is 0.172. The number of fused-ring (bicyclic) bond motifs is 1. The molecular weight excluding hydrogens is 412 g/mol. The molecule has 3 aromatic rings.